The average Bonchev–Trinajstić information content (AvgIpc) is 3.38. The molecule has 2 heterocycles. The molecule has 0 fully saturated rings. The van der Waals surface area contributed by atoms with Crippen molar-refractivity contribution in [3.8, 4) is 5.75 Å². The Morgan fingerprint density at radius 1 is 1.05 bits per heavy atom. The van der Waals surface area contributed by atoms with Crippen molar-refractivity contribution in [3.05, 3.63) is 83.2 Å². The second kappa shape index (κ2) is 12.1. The van der Waals surface area contributed by atoms with Crippen LogP contribution in [0.2, 0.25) is 0 Å². The first kappa shape index (κ1) is 27.9. The highest BCUT2D eigenvalue weighted by Crippen LogP contribution is 2.30. The zero-order valence-corrected chi connectivity index (χ0v) is 23.4. The standard InChI is InChI=1S/C29H37N3O5S/c1-5-26-27-12-9-13-30(27)14-15-32(26)28(33)21-37-17-16-31(20-24-10-7-6-8-11-24)38(34,35)29-22(2)18-25(36-4)19-23(29)3/h6-13,18-19,26H,5,14-17,20-21H2,1-4H3. The summed E-state index contributed by atoms with van der Waals surface area (Å²) in [7, 11) is -2.28. The average molecular weight is 540 g/mol. The van der Waals surface area contributed by atoms with Crippen LogP contribution in [0.25, 0.3) is 0 Å². The molecule has 8 nitrogen and oxygen atoms in total. The van der Waals surface area contributed by atoms with E-state index in [-0.39, 0.29) is 43.1 Å². The first-order chi connectivity index (χ1) is 18.3. The zero-order chi connectivity index (χ0) is 27.3. The second-order valence-corrected chi connectivity index (χ2v) is 11.5. The van der Waals surface area contributed by atoms with Gasteiger partial charge in [0.05, 0.1) is 24.7 Å². The van der Waals surface area contributed by atoms with E-state index in [9.17, 15) is 13.2 Å². The van der Waals surface area contributed by atoms with Gasteiger partial charge in [-0.2, -0.15) is 4.31 Å². The SMILES string of the molecule is CCC1c2cccn2CCN1C(=O)COCCN(Cc1ccccc1)S(=O)(=O)c1c(C)cc(OC)cc1C. The van der Waals surface area contributed by atoms with Crippen LogP contribution in [0, 0.1) is 13.8 Å². The van der Waals surface area contributed by atoms with Gasteiger partial charge in [-0.15, -0.1) is 0 Å². The number of amides is 1. The lowest BCUT2D eigenvalue weighted by molar-refractivity contribution is -0.140. The van der Waals surface area contributed by atoms with Gasteiger partial charge in [-0.3, -0.25) is 4.79 Å². The molecule has 38 heavy (non-hydrogen) atoms. The molecular weight excluding hydrogens is 502 g/mol. The van der Waals surface area contributed by atoms with E-state index in [0.29, 0.717) is 23.4 Å². The number of sulfonamides is 1. The number of aryl methyl sites for hydroxylation is 2. The van der Waals surface area contributed by atoms with Crippen LogP contribution in [0.5, 0.6) is 5.75 Å². The van der Waals surface area contributed by atoms with Crippen molar-refractivity contribution in [3.63, 3.8) is 0 Å². The number of fused-ring (bicyclic) bond motifs is 1. The molecule has 0 spiro atoms. The fourth-order valence-corrected chi connectivity index (χ4v) is 7.06. The summed E-state index contributed by atoms with van der Waals surface area (Å²) in [5.74, 6) is 0.536. The van der Waals surface area contributed by atoms with Crippen LogP contribution in [0.3, 0.4) is 0 Å². The van der Waals surface area contributed by atoms with Crippen LogP contribution in [0.1, 0.15) is 41.8 Å². The lowest BCUT2D eigenvalue weighted by Gasteiger charge is -2.36. The molecule has 2 aromatic carbocycles. The summed E-state index contributed by atoms with van der Waals surface area (Å²) in [6, 6.07) is 17.0. The summed E-state index contributed by atoms with van der Waals surface area (Å²) in [5.41, 5.74) is 3.25. The van der Waals surface area contributed by atoms with Crippen molar-refractivity contribution < 1.29 is 22.7 Å². The highest BCUT2D eigenvalue weighted by molar-refractivity contribution is 7.89. The number of hydrogen-bond acceptors (Lipinski definition) is 5. The lowest BCUT2D eigenvalue weighted by atomic mass is 10.1. The van der Waals surface area contributed by atoms with Crippen molar-refractivity contribution in [2.24, 2.45) is 0 Å². The topological polar surface area (TPSA) is 81.1 Å². The van der Waals surface area contributed by atoms with Gasteiger partial charge in [-0.25, -0.2) is 8.42 Å². The number of carbonyl (C=O) groups excluding carboxylic acids is 1. The smallest absolute Gasteiger partial charge is 0.249 e. The van der Waals surface area contributed by atoms with E-state index in [4.69, 9.17) is 9.47 Å². The molecule has 0 radical (unpaired) electrons. The molecule has 4 rings (SSSR count). The number of nitrogens with zero attached hydrogens (tertiary/aromatic N) is 3. The molecule has 1 amide bonds. The monoisotopic (exact) mass is 539 g/mol. The van der Waals surface area contributed by atoms with Crippen molar-refractivity contribution in [1.82, 2.24) is 13.8 Å². The van der Waals surface area contributed by atoms with E-state index in [1.54, 1.807) is 33.1 Å². The summed E-state index contributed by atoms with van der Waals surface area (Å²) < 4.78 is 42.5. The minimum Gasteiger partial charge on any atom is -0.497 e. The Morgan fingerprint density at radius 3 is 2.42 bits per heavy atom. The molecule has 1 aromatic heterocycles. The molecule has 0 saturated carbocycles. The zero-order valence-electron chi connectivity index (χ0n) is 22.6. The maximum absolute atomic E-state index is 13.9. The van der Waals surface area contributed by atoms with Gasteiger partial charge in [0.25, 0.3) is 0 Å². The van der Waals surface area contributed by atoms with Crippen LogP contribution in [-0.2, 0) is 32.6 Å². The highest BCUT2D eigenvalue weighted by Gasteiger charge is 2.31. The Balaban J connectivity index is 1.46. The molecule has 9 heteroatoms. The summed E-state index contributed by atoms with van der Waals surface area (Å²) in [6.07, 6.45) is 2.86. The Labute approximate surface area is 225 Å². The fourth-order valence-electron chi connectivity index (χ4n) is 5.24. The molecule has 1 unspecified atom stereocenters. The van der Waals surface area contributed by atoms with Crippen molar-refractivity contribution >= 4 is 15.9 Å². The predicted molar refractivity (Wildman–Crippen MR) is 147 cm³/mol. The van der Waals surface area contributed by atoms with E-state index in [1.165, 1.54) is 4.31 Å². The van der Waals surface area contributed by atoms with Gasteiger partial charge in [0.15, 0.2) is 0 Å². The summed E-state index contributed by atoms with van der Waals surface area (Å²) in [6.45, 7) is 7.35. The van der Waals surface area contributed by atoms with Gasteiger partial charge < -0.3 is 18.9 Å². The van der Waals surface area contributed by atoms with Crippen molar-refractivity contribution in [2.45, 2.75) is 51.2 Å². The summed E-state index contributed by atoms with van der Waals surface area (Å²) in [5, 5.41) is 0. The number of methoxy groups -OCH3 is 1. The molecule has 1 atom stereocenters. The van der Waals surface area contributed by atoms with E-state index in [0.717, 1.165) is 24.2 Å². The van der Waals surface area contributed by atoms with Crippen molar-refractivity contribution in [2.75, 3.05) is 33.4 Å². The van der Waals surface area contributed by atoms with E-state index >= 15 is 0 Å². The number of carbonyl (C=O) groups is 1. The van der Waals surface area contributed by atoms with E-state index < -0.39 is 10.0 Å². The third-order valence-corrected chi connectivity index (χ3v) is 9.20. The fraction of sp³-hybridized carbons (Fsp3) is 0.414. The normalized spacial score (nSPS) is 15.5. The maximum atomic E-state index is 13.9. The molecule has 1 aliphatic heterocycles. The Bertz CT molecular complexity index is 1330. The third-order valence-electron chi connectivity index (χ3n) is 7.05. The first-order valence-corrected chi connectivity index (χ1v) is 14.4. The summed E-state index contributed by atoms with van der Waals surface area (Å²) in [4.78, 5) is 15.2. The molecular formula is C29H37N3O5S. The molecule has 0 saturated heterocycles. The number of rotatable bonds is 11. The predicted octanol–water partition coefficient (Wildman–Crippen LogP) is 4.31. The number of benzene rings is 2. The Hall–Kier alpha value is -3.14. The van der Waals surface area contributed by atoms with Gasteiger partial charge in [0.1, 0.15) is 12.4 Å². The maximum Gasteiger partial charge on any atom is 0.249 e. The molecule has 0 bridgehead atoms. The lowest BCUT2D eigenvalue weighted by Crippen LogP contribution is -2.43. The van der Waals surface area contributed by atoms with Crippen LogP contribution in [0.15, 0.2) is 65.7 Å². The number of ether oxygens (including phenoxy) is 2. The second-order valence-electron chi connectivity index (χ2n) is 9.60. The van der Waals surface area contributed by atoms with Gasteiger partial charge in [-0.1, -0.05) is 37.3 Å². The quantitative estimate of drug-likeness (QED) is 0.339. The Kier molecular flexibility index (Phi) is 8.91. The van der Waals surface area contributed by atoms with Crippen LogP contribution in [0.4, 0.5) is 0 Å². The van der Waals surface area contributed by atoms with Gasteiger partial charge >= 0.3 is 0 Å². The van der Waals surface area contributed by atoms with Crippen LogP contribution >= 0.6 is 0 Å². The van der Waals surface area contributed by atoms with Crippen molar-refractivity contribution in [1.29, 1.82) is 0 Å². The molecule has 1 aliphatic rings. The molecule has 0 aliphatic carbocycles. The third kappa shape index (κ3) is 5.95. The minimum atomic E-state index is -3.85. The molecule has 3 aromatic rings. The van der Waals surface area contributed by atoms with Gasteiger partial charge in [0.2, 0.25) is 15.9 Å². The molecule has 0 N–H and O–H groups in total. The van der Waals surface area contributed by atoms with E-state index in [1.807, 2.05) is 47.5 Å². The van der Waals surface area contributed by atoms with Gasteiger partial charge in [-0.05, 0) is 61.2 Å². The summed E-state index contributed by atoms with van der Waals surface area (Å²) >= 11 is 0. The van der Waals surface area contributed by atoms with E-state index in [2.05, 4.69) is 17.6 Å². The van der Waals surface area contributed by atoms with Crippen LogP contribution < -0.4 is 4.74 Å². The first-order valence-electron chi connectivity index (χ1n) is 13.0. The number of hydrogen-bond donors (Lipinski definition) is 0. The van der Waals surface area contributed by atoms with Crippen LogP contribution in [-0.4, -0.2) is 61.5 Å². The molecule has 204 valence electrons. The highest BCUT2D eigenvalue weighted by atomic mass is 32.2. The van der Waals surface area contributed by atoms with Gasteiger partial charge in [0, 0.05) is 38.1 Å². The largest absolute Gasteiger partial charge is 0.497 e. The Morgan fingerprint density at radius 2 is 1.76 bits per heavy atom. The minimum absolute atomic E-state index is 0.0193. The number of aromatic nitrogens is 1.